The quantitative estimate of drug-likeness (QED) is 0.403. The molecule has 0 N–H and O–H groups in total. The van der Waals surface area contributed by atoms with Gasteiger partial charge in [0.1, 0.15) is 0 Å². The number of ether oxygens (including phenoxy) is 1. The molecule has 0 spiro atoms. The van der Waals surface area contributed by atoms with E-state index >= 15 is 0 Å². The average molecular weight is 218 g/mol. The van der Waals surface area contributed by atoms with Crippen LogP contribution < -0.4 is 0 Å². The molecule has 0 unspecified atom stereocenters. The van der Waals surface area contributed by atoms with Gasteiger partial charge in [0.25, 0.3) is 0 Å². The molecule has 4 heteroatoms. The molecule has 1 saturated heterocycles. The van der Waals surface area contributed by atoms with Gasteiger partial charge in [0.05, 0.1) is 6.61 Å². The van der Waals surface area contributed by atoms with Crippen molar-refractivity contribution in [2.24, 2.45) is 0 Å². The first kappa shape index (κ1) is 11.5. The maximum absolute atomic E-state index is 11.4. The lowest BCUT2D eigenvalue weighted by Crippen LogP contribution is -2.23. The molecule has 0 aromatic rings. The number of nitrogens with zero attached hydrogens (tertiary/aromatic N) is 1. The van der Waals surface area contributed by atoms with Gasteiger partial charge in [0.15, 0.2) is 0 Å². The fourth-order valence-corrected chi connectivity index (χ4v) is 1.68. The smallest absolute Gasteiger partial charge is 0.333 e. The first-order valence-electron chi connectivity index (χ1n) is 4.91. The Morgan fingerprint density at radius 2 is 2.07 bits per heavy atom. The van der Waals surface area contributed by atoms with E-state index in [1.165, 1.54) is 5.57 Å². The summed E-state index contributed by atoms with van der Waals surface area (Å²) >= 11 is 5.82. The van der Waals surface area contributed by atoms with E-state index in [-0.39, 0.29) is 5.97 Å². The minimum Gasteiger partial charge on any atom is -0.463 e. The molecule has 0 aromatic carbocycles. The largest absolute Gasteiger partial charge is 0.463 e. The van der Waals surface area contributed by atoms with Gasteiger partial charge in [-0.15, -0.1) is 0 Å². The van der Waals surface area contributed by atoms with Crippen LogP contribution >= 0.6 is 11.8 Å². The van der Waals surface area contributed by atoms with Crippen LogP contribution in [0.2, 0.25) is 0 Å². The van der Waals surface area contributed by atoms with Gasteiger partial charge in [-0.2, -0.15) is 0 Å². The number of carbonyl (C=O) groups excluding carboxylic acids is 1. The van der Waals surface area contributed by atoms with Crippen LogP contribution in [0, 0.1) is 0 Å². The molecule has 1 aliphatic heterocycles. The second-order valence-electron chi connectivity index (χ2n) is 3.36. The highest BCUT2D eigenvalue weighted by Crippen LogP contribution is 2.21. The van der Waals surface area contributed by atoms with Crippen LogP contribution in [-0.4, -0.2) is 30.1 Å². The number of esters is 1. The second kappa shape index (κ2) is 5.37. The Bertz CT molecular complexity index is 241. The predicted molar refractivity (Wildman–Crippen MR) is 56.0 cm³/mol. The van der Waals surface area contributed by atoms with Crippen molar-refractivity contribution in [3.05, 3.63) is 11.1 Å². The monoisotopic (exact) mass is 217 g/mol. The Kier molecular flexibility index (Phi) is 4.42. The summed E-state index contributed by atoms with van der Waals surface area (Å²) in [5.41, 5.74) is 1.94. The molecule has 80 valence electrons. The first-order valence-corrected chi connectivity index (χ1v) is 5.25. The molecule has 3 nitrogen and oxygen atoms in total. The standard InChI is InChI=1S/C10H16ClNO2/c1-3-14-10(13)8(2)9-4-6-12(11)7-5-9/h3-7H2,1-2H3. The summed E-state index contributed by atoms with van der Waals surface area (Å²) < 4.78 is 6.69. The number of halogens is 1. The van der Waals surface area contributed by atoms with Gasteiger partial charge < -0.3 is 4.74 Å². The molecule has 0 atom stereocenters. The average Bonchev–Trinajstić information content (AvgIpc) is 2.18. The van der Waals surface area contributed by atoms with Crippen LogP contribution in [0.5, 0.6) is 0 Å². The summed E-state index contributed by atoms with van der Waals surface area (Å²) in [4.78, 5) is 11.4. The zero-order valence-corrected chi connectivity index (χ0v) is 9.43. The summed E-state index contributed by atoms with van der Waals surface area (Å²) in [6, 6.07) is 0. The van der Waals surface area contributed by atoms with Crippen molar-refractivity contribution in [1.29, 1.82) is 0 Å². The lowest BCUT2D eigenvalue weighted by molar-refractivity contribution is -0.138. The number of carbonyl (C=O) groups is 1. The summed E-state index contributed by atoms with van der Waals surface area (Å²) in [7, 11) is 0. The first-order chi connectivity index (χ1) is 6.65. The third kappa shape index (κ3) is 3.00. The molecule has 1 fully saturated rings. The molecule has 1 heterocycles. The van der Waals surface area contributed by atoms with Crippen molar-refractivity contribution in [2.45, 2.75) is 26.7 Å². The second-order valence-corrected chi connectivity index (χ2v) is 3.84. The normalized spacial score (nSPS) is 18.1. The van der Waals surface area contributed by atoms with Gasteiger partial charge >= 0.3 is 5.97 Å². The van der Waals surface area contributed by atoms with Crippen LogP contribution in [0.4, 0.5) is 0 Å². The van der Waals surface area contributed by atoms with E-state index in [4.69, 9.17) is 16.5 Å². The van der Waals surface area contributed by atoms with Crippen LogP contribution in [0.25, 0.3) is 0 Å². The van der Waals surface area contributed by atoms with E-state index in [9.17, 15) is 4.79 Å². The van der Waals surface area contributed by atoms with E-state index in [1.54, 1.807) is 4.42 Å². The lowest BCUT2D eigenvalue weighted by atomic mass is 10.00. The molecule has 0 amide bonds. The van der Waals surface area contributed by atoms with Gasteiger partial charge in [-0.05, 0) is 38.5 Å². The minimum atomic E-state index is -0.189. The molecule has 1 rings (SSSR count). The zero-order chi connectivity index (χ0) is 10.6. The van der Waals surface area contributed by atoms with Crippen LogP contribution in [0.15, 0.2) is 11.1 Å². The van der Waals surface area contributed by atoms with Crippen molar-refractivity contribution in [2.75, 3.05) is 19.7 Å². The fraction of sp³-hybridized carbons (Fsp3) is 0.700. The van der Waals surface area contributed by atoms with Crippen LogP contribution in [0.3, 0.4) is 0 Å². The molecule has 14 heavy (non-hydrogen) atoms. The topological polar surface area (TPSA) is 29.5 Å². The molecule has 0 radical (unpaired) electrons. The summed E-state index contributed by atoms with van der Waals surface area (Å²) in [6.45, 7) is 5.71. The van der Waals surface area contributed by atoms with Crippen molar-refractivity contribution >= 4 is 17.7 Å². The number of hydrogen-bond acceptors (Lipinski definition) is 3. The highest BCUT2D eigenvalue weighted by atomic mass is 35.5. The Morgan fingerprint density at radius 1 is 1.50 bits per heavy atom. The highest BCUT2D eigenvalue weighted by Gasteiger charge is 2.17. The van der Waals surface area contributed by atoms with E-state index < -0.39 is 0 Å². The van der Waals surface area contributed by atoms with Gasteiger partial charge in [-0.25, -0.2) is 9.21 Å². The van der Waals surface area contributed by atoms with Gasteiger partial charge in [0.2, 0.25) is 0 Å². The van der Waals surface area contributed by atoms with Crippen molar-refractivity contribution in [3.8, 4) is 0 Å². The SMILES string of the molecule is CCOC(=O)C(C)=C1CCN(Cl)CC1. The Hall–Kier alpha value is -0.540. The number of hydrogen-bond donors (Lipinski definition) is 0. The fourth-order valence-electron chi connectivity index (χ4n) is 1.51. The summed E-state index contributed by atoms with van der Waals surface area (Å²) in [5, 5.41) is 0. The molecule has 0 aromatic heterocycles. The molecule has 0 bridgehead atoms. The van der Waals surface area contributed by atoms with E-state index in [0.29, 0.717) is 6.61 Å². The number of rotatable bonds is 2. The van der Waals surface area contributed by atoms with E-state index in [2.05, 4.69) is 0 Å². The molecule has 0 saturated carbocycles. The molecule has 0 aliphatic carbocycles. The number of piperidine rings is 1. The van der Waals surface area contributed by atoms with Crippen molar-refractivity contribution in [1.82, 2.24) is 4.42 Å². The summed E-state index contributed by atoms with van der Waals surface area (Å²) in [5.74, 6) is -0.189. The van der Waals surface area contributed by atoms with E-state index in [0.717, 1.165) is 31.5 Å². The van der Waals surface area contributed by atoms with Gasteiger partial charge in [-0.1, -0.05) is 5.57 Å². The lowest BCUT2D eigenvalue weighted by Gasteiger charge is -2.22. The zero-order valence-electron chi connectivity index (χ0n) is 8.68. The van der Waals surface area contributed by atoms with Crippen molar-refractivity contribution < 1.29 is 9.53 Å². The van der Waals surface area contributed by atoms with E-state index in [1.807, 2.05) is 13.8 Å². The van der Waals surface area contributed by atoms with Crippen molar-refractivity contribution in [3.63, 3.8) is 0 Å². The predicted octanol–water partition coefficient (Wildman–Crippen LogP) is 2.12. The Morgan fingerprint density at radius 3 is 2.57 bits per heavy atom. The summed E-state index contributed by atoms with van der Waals surface area (Å²) in [6.07, 6.45) is 1.74. The molecular formula is C10H16ClNO2. The maximum atomic E-state index is 11.4. The Labute approximate surface area is 89.8 Å². The van der Waals surface area contributed by atoms with Crippen LogP contribution in [-0.2, 0) is 9.53 Å². The van der Waals surface area contributed by atoms with Crippen LogP contribution in [0.1, 0.15) is 26.7 Å². The Balaban J connectivity index is 2.59. The highest BCUT2D eigenvalue weighted by molar-refractivity contribution is 6.13. The maximum Gasteiger partial charge on any atom is 0.333 e. The minimum absolute atomic E-state index is 0.189. The molecular weight excluding hydrogens is 202 g/mol. The van der Waals surface area contributed by atoms with Gasteiger partial charge in [0, 0.05) is 18.7 Å². The third-order valence-electron chi connectivity index (χ3n) is 2.42. The third-order valence-corrected chi connectivity index (χ3v) is 2.76. The van der Waals surface area contributed by atoms with Gasteiger partial charge in [-0.3, -0.25) is 0 Å². The molecule has 1 aliphatic rings.